The number of nitrogens with one attached hydrogen (secondary N) is 1. The summed E-state index contributed by atoms with van der Waals surface area (Å²) in [5.74, 6) is 0.743. The summed E-state index contributed by atoms with van der Waals surface area (Å²) in [6, 6.07) is 4.02. The lowest BCUT2D eigenvalue weighted by atomic mass is 10.0. The number of nitrogens with zero attached hydrogens (tertiary/aromatic N) is 3. The van der Waals surface area contributed by atoms with Gasteiger partial charge in [0, 0.05) is 36.1 Å². The predicted molar refractivity (Wildman–Crippen MR) is 121 cm³/mol. The Labute approximate surface area is 181 Å². The molecule has 1 aliphatic carbocycles. The number of hydrogen-bond acceptors (Lipinski definition) is 6. The van der Waals surface area contributed by atoms with Crippen LogP contribution in [-0.4, -0.2) is 45.2 Å². The molecular formula is C22H32N4O3S. The Hall–Kier alpha value is -1.61. The minimum atomic E-state index is -1.22. The van der Waals surface area contributed by atoms with Gasteiger partial charge in [-0.3, -0.25) is 9.36 Å². The fourth-order valence-corrected chi connectivity index (χ4v) is 4.65. The Kier molecular flexibility index (Phi) is 5.87. The van der Waals surface area contributed by atoms with Gasteiger partial charge in [-0.1, -0.05) is 6.07 Å². The monoisotopic (exact) mass is 432 g/mol. The molecule has 0 bridgehead atoms. The number of aromatic nitrogens is 2. The van der Waals surface area contributed by atoms with E-state index in [0.717, 1.165) is 43.0 Å². The lowest BCUT2D eigenvalue weighted by Crippen LogP contribution is -2.41. The van der Waals surface area contributed by atoms with Crippen LogP contribution in [0.3, 0.4) is 0 Å². The first-order chi connectivity index (χ1) is 14.2. The Morgan fingerprint density at radius 2 is 1.93 bits per heavy atom. The average molecular weight is 433 g/mol. The number of benzene rings is 1. The fourth-order valence-electron chi connectivity index (χ4n) is 3.85. The molecule has 2 aromatic rings. The molecule has 1 N–H and O–H groups in total. The van der Waals surface area contributed by atoms with E-state index in [-0.39, 0.29) is 22.4 Å². The van der Waals surface area contributed by atoms with Crippen LogP contribution in [0.5, 0.6) is 0 Å². The molecule has 1 aromatic carbocycles. The Bertz CT molecular complexity index is 991. The van der Waals surface area contributed by atoms with Crippen molar-refractivity contribution in [3.63, 3.8) is 0 Å². The van der Waals surface area contributed by atoms with E-state index in [1.807, 2.05) is 45.3 Å². The third-order valence-corrected chi connectivity index (χ3v) is 7.35. The van der Waals surface area contributed by atoms with Gasteiger partial charge in [0.05, 0.1) is 30.2 Å². The lowest BCUT2D eigenvalue weighted by Gasteiger charge is -2.30. The van der Waals surface area contributed by atoms with Crippen molar-refractivity contribution < 1.29 is 9.29 Å². The van der Waals surface area contributed by atoms with Crippen LogP contribution in [0.4, 0.5) is 5.95 Å². The van der Waals surface area contributed by atoms with Gasteiger partial charge in [-0.2, -0.15) is 0 Å². The molecule has 0 radical (unpaired) electrons. The Morgan fingerprint density at radius 3 is 2.53 bits per heavy atom. The zero-order chi connectivity index (χ0) is 21.6. The second kappa shape index (κ2) is 8.15. The van der Waals surface area contributed by atoms with Crippen molar-refractivity contribution in [2.24, 2.45) is 0 Å². The lowest BCUT2D eigenvalue weighted by molar-refractivity contribution is 0.121. The van der Waals surface area contributed by atoms with Gasteiger partial charge in [0.1, 0.15) is 4.75 Å². The van der Waals surface area contributed by atoms with E-state index in [1.165, 1.54) is 0 Å². The molecule has 0 spiro atoms. The summed E-state index contributed by atoms with van der Waals surface area (Å²) in [6.45, 7) is 12.6. The molecule has 2 heterocycles. The van der Waals surface area contributed by atoms with E-state index < -0.39 is 11.4 Å². The highest BCUT2D eigenvalue weighted by atomic mass is 32.2. The minimum absolute atomic E-state index is 0.0260. The first kappa shape index (κ1) is 21.6. The number of ether oxygens (including phenoxy) is 1. The quantitative estimate of drug-likeness (QED) is 0.732. The highest BCUT2D eigenvalue weighted by Crippen LogP contribution is 2.37. The number of anilines is 1. The van der Waals surface area contributed by atoms with Crippen molar-refractivity contribution in [3.05, 3.63) is 33.6 Å². The van der Waals surface area contributed by atoms with E-state index >= 15 is 0 Å². The topological polar surface area (TPSA) is 82.4 Å². The van der Waals surface area contributed by atoms with Crippen LogP contribution in [-0.2, 0) is 16.1 Å². The van der Waals surface area contributed by atoms with Crippen LogP contribution in [0.1, 0.15) is 63.7 Å². The van der Waals surface area contributed by atoms with E-state index in [0.29, 0.717) is 24.1 Å². The van der Waals surface area contributed by atoms with Gasteiger partial charge in [0.25, 0.3) is 5.56 Å². The predicted octanol–water partition coefficient (Wildman–Crippen LogP) is 2.99. The second-order valence-corrected chi connectivity index (χ2v) is 11.4. The van der Waals surface area contributed by atoms with Crippen molar-refractivity contribution in [2.45, 2.75) is 64.3 Å². The van der Waals surface area contributed by atoms with Crippen molar-refractivity contribution in [1.82, 2.24) is 14.3 Å². The minimum Gasteiger partial charge on any atom is -0.598 e. The molecule has 1 saturated heterocycles. The third-order valence-electron chi connectivity index (χ3n) is 5.67. The smallest absolute Gasteiger partial charge is 0.263 e. The van der Waals surface area contributed by atoms with E-state index in [9.17, 15) is 9.35 Å². The van der Waals surface area contributed by atoms with Gasteiger partial charge < -0.3 is 14.2 Å². The maximum atomic E-state index is 13.6. The summed E-state index contributed by atoms with van der Waals surface area (Å²) >= 11 is -1.22. The van der Waals surface area contributed by atoms with Gasteiger partial charge in [0.2, 0.25) is 5.95 Å². The Balaban J connectivity index is 1.85. The summed E-state index contributed by atoms with van der Waals surface area (Å²) in [4.78, 5) is 20.8. The maximum Gasteiger partial charge on any atom is 0.263 e. The summed E-state index contributed by atoms with van der Waals surface area (Å²) < 4.78 is 22.9. The number of morpholine rings is 1. The number of rotatable bonds is 5. The zero-order valence-electron chi connectivity index (χ0n) is 18.5. The first-order valence-electron chi connectivity index (χ1n) is 10.7. The molecule has 1 aromatic heterocycles. The standard InChI is InChI=1S/C22H32N4O3S/c1-14-12-17(15(2)24-30(28)22(3,4)5)19-18(13-14)20(27)26(16-6-7-16)21(23-19)25-8-10-29-11-9-25/h12-13,15-16,24H,6-11H2,1-5H3/t15-,30?/m1/s1. The number of hydrogen-bond donors (Lipinski definition) is 1. The van der Waals surface area contributed by atoms with Crippen molar-refractivity contribution in [3.8, 4) is 0 Å². The molecule has 1 aliphatic heterocycles. The summed E-state index contributed by atoms with van der Waals surface area (Å²) in [5.41, 5.74) is 2.65. The molecule has 30 heavy (non-hydrogen) atoms. The maximum absolute atomic E-state index is 13.6. The van der Waals surface area contributed by atoms with Crippen LogP contribution in [0.25, 0.3) is 10.9 Å². The molecule has 2 atom stereocenters. The van der Waals surface area contributed by atoms with Crippen LogP contribution in [0, 0.1) is 6.92 Å². The van der Waals surface area contributed by atoms with Gasteiger partial charge in [-0.25, -0.2) is 4.98 Å². The van der Waals surface area contributed by atoms with Gasteiger partial charge in [-0.05, 0) is 59.1 Å². The highest BCUT2D eigenvalue weighted by Gasteiger charge is 2.33. The van der Waals surface area contributed by atoms with Crippen molar-refractivity contribution >= 4 is 28.2 Å². The van der Waals surface area contributed by atoms with Crippen LogP contribution >= 0.6 is 0 Å². The van der Waals surface area contributed by atoms with E-state index in [4.69, 9.17) is 9.72 Å². The number of fused-ring (bicyclic) bond motifs is 1. The van der Waals surface area contributed by atoms with Crippen LogP contribution in [0.2, 0.25) is 0 Å². The Morgan fingerprint density at radius 1 is 1.27 bits per heavy atom. The van der Waals surface area contributed by atoms with E-state index in [2.05, 4.69) is 15.7 Å². The summed E-state index contributed by atoms with van der Waals surface area (Å²) in [6.07, 6.45) is 2.04. The van der Waals surface area contributed by atoms with Gasteiger partial charge in [-0.15, -0.1) is 4.72 Å². The molecule has 2 fully saturated rings. The van der Waals surface area contributed by atoms with Crippen molar-refractivity contribution in [2.75, 3.05) is 31.2 Å². The molecule has 164 valence electrons. The molecule has 4 rings (SSSR count). The van der Waals surface area contributed by atoms with Gasteiger partial charge in [0.15, 0.2) is 0 Å². The molecule has 2 aliphatic rings. The third kappa shape index (κ3) is 4.23. The molecule has 8 heteroatoms. The highest BCUT2D eigenvalue weighted by molar-refractivity contribution is 7.90. The van der Waals surface area contributed by atoms with Gasteiger partial charge >= 0.3 is 0 Å². The largest absolute Gasteiger partial charge is 0.598 e. The second-order valence-electron chi connectivity index (χ2n) is 9.39. The summed E-state index contributed by atoms with van der Waals surface area (Å²) in [7, 11) is 0. The first-order valence-corrected chi connectivity index (χ1v) is 11.9. The molecule has 1 saturated carbocycles. The van der Waals surface area contributed by atoms with Crippen molar-refractivity contribution in [1.29, 1.82) is 0 Å². The summed E-state index contributed by atoms with van der Waals surface area (Å²) in [5, 5.41) is 0.643. The molecule has 1 unspecified atom stereocenters. The molecule has 0 amide bonds. The zero-order valence-corrected chi connectivity index (χ0v) is 19.3. The molecule has 7 nitrogen and oxygen atoms in total. The number of aryl methyl sites for hydroxylation is 1. The fraction of sp³-hybridized carbons (Fsp3) is 0.636. The van der Waals surface area contributed by atoms with Crippen LogP contribution < -0.4 is 15.2 Å². The van der Waals surface area contributed by atoms with Crippen LogP contribution in [0.15, 0.2) is 16.9 Å². The SMILES string of the molecule is Cc1cc([C@@H](C)N[S+]([O-])C(C)(C)C)c2nc(N3CCOCC3)n(C3CC3)c(=O)c2c1. The normalized spacial score (nSPS) is 19.9. The molecular weight excluding hydrogens is 400 g/mol. The average Bonchev–Trinajstić information content (AvgIpc) is 3.52. The van der Waals surface area contributed by atoms with E-state index in [1.54, 1.807) is 0 Å².